The summed E-state index contributed by atoms with van der Waals surface area (Å²) in [5, 5.41) is 6.22. The Hall–Kier alpha value is -1.50. The molecule has 1 aliphatic rings. The molecule has 1 nitrogen and oxygen atoms in total. The summed E-state index contributed by atoms with van der Waals surface area (Å²) in [6.45, 7) is 2.28. The first-order valence-corrected chi connectivity index (χ1v) is 6.08. The van der Waals surface area contributed by atoms with Gasteiger partial charge < -0.3 is 5.32 Å². The van der Waals surface area contributed by atoms with Crippen molar-refractivity contribution >= 4 is 16.5 Å². The minimum absolute atomic E-state index is 0.612. The molecule has 1 heteroatoms. The summed E-state index contributed by atoms with van der Waals surface area (Å²) in [6, 6.07) is 15.7. The maximum atomic E-state index is 3.60. The molecule has 0 aromatic heterocycles. The van der Waals surface area contributed by atoms with Crippen LogP contribution in [0.2, 0.25) is 0 Å². The number of rotatable bonds is 3. The zero-order valence-corrected chi connectivity index (χ0v) is 9.61. The third kappa shape index (κ3) is 1.90. The lowest BCUT2D eigenvalue weighted by atomic mass is 10.1. The predicted molar refractivity (Wildman–Crippen MR) is 69.8 cm³/mol. The molecule has 82 valence electrons. The van der Waals surface area contributed by atoms with Gasteiger partial charge in [-0.3, -0.25) is 0 Å². The van der Waals surface area contributed by atoms with E-state index in [1.165, 1.54) is 29.3 Å². The van der Waals surface area contributed by atoms with Gasteiger partial charge in [-0.25, -0.2) is 0 Å². The van der Waals surface area contributed by atoms with Crippen molar-refractivity contribution in [3.05, 3.63) is 42.5 Å². The van der Waals surface area contributed by atoms with Crippen LogP contribution in [0.5, 0.6) is 0 Å². The highest BCUT2D eigenvalue weighted by Gasteiger charge is 2.27. The molecule has 0 bridgehead atoms. The van der Waals surface area contributed by atoms with Crippen LogP contribution in [-0.2, 0) is 0 Å². The van der Waals surface area contributed by atoms with Crippen LogP contribution in [0.4, 0.5) is 5.69 Å². The first-order chi connectivity index (χ1) is 7.83. The van der Waals surface area contributed by atoms with Crippen LogP contribution in [0.25, 0.3) is 10.8 Å². The molecular weight excluding hydrogens is 194 g/mol. The third-order valence-electron chi connectivity index (χ3n) is 3.47. The zero-order valence-electron chi connectivity index (χ0n) is 9.61. The van der Waals surface area contributed by atoms with E-state index in [2.05, 4.69) is 54.7 Å². The van der Waals surface area contributed by atoms with Crippen LogP contribution < -0.4 is 5.32 Å². The highest BCUT2D eigenvalue weighted by Crippen LogP contribution is 2.34. The molecule has 1 atom stereocenters. The van der Waals surface area contributed by atoms with Gasteiger partial charge in [-0.15, -0.1) is 0 Å². The second-order valence-electron chi connectivity index (χ2n) is 4.83. The van der Waals surface area contributed by atoms with Gasteiger partial charge in [0, 0.05) is 11.7 Å². The highest BCUT2D eigenvalue weighted by molar-refractivity contribution is 5.85. The quantitative estimate of drug-likeness (QED) is 0.807. The van der Waals surface area contributed by atoms with Crippen molar-refractivity contribution in [3.8, 4) is 0 Å². The lowest BCUT2D eigenvalue weighted by Gasteiger charge is -2.14. The van der Waals surface area contributed by atoms with Gasteiger partial charge in [0.25, 0.3) is 0 Å². The molecule has 1 unspecified atom stereocenters. The number of anilines is 1. The first-order valence-electron chi connectivity index (χ1n) is 6.08. The fourth-order valence-electron chi connectivity index (χ4n) is 2.26. The molecule has 0 amide bonds. The Morgan fingerprint density at radius 1 is 1.06 bits per heavy atom. The average molecular weight is 211 g/mol. The van der Waals surface area contributed by atoms with Gasteiger partial charge in [0.1, 0.15) is 0 Å². The van der Waals surface area contributed by atoms with Gasteiger partial charge >= 0.3 is 0 Å². The monoisotopic (exact) mass is 211 g/mol. The second-order valence-corrected chi connectivity index (χ2v) is 4.83. The van der Waals surface area contributed by atoms with Crippen molar-refractivity contribution in [2.24, 2.45) is 5.92 Å². The van der Waals surface area contributed by atoms with Gasteiger partial charge in [0.2, 0.25) is 0 Å². The summed E-state index contributed by atoms with van der Waals surface area (Å²) in [6.07, 6.45) is 2.78. The van der Waals surface area contributed by atoms with Crippen LogP contribution in [0.1, 0.15) is 19.8 Å². The predicted octanol–water partition coefficient (Wildman–Crippen LogP) is 4.05. The van der Waals surface area contributed by atoms with E-state index >= 15 is 0 Å². The maximum Gasteiger partial charge on any atom is 0.0348 e. The van der Waals surface area contributed by atoms with E-state index in [1.54, 1.807) is 0 Å². The van der Waals surface area contributed by atoms with Crippen LogP contribution in [-0.4, -0.2) is 6.04 Å². The van der Waals surface area contributed by atoms with Crippen LogP contribution in [0.15, 0.2) is 42.5 Å². The summed E-state index contributed by atoms with van der Waals surface area (Å²) in [5.74, 6) is 0.895. The first kappa shape index (κ1) is 9.71. The molecule has 16 heavy (non-hydrogen) atoms. The Morgan fingerprint density at radius 3 is 2.56 bits per heavy atom. The molecule has 0 radical (unpaired) electrons. The molecule has 3 rings (SSSR count). The van der Waals surface area contributed by atoms with E-state index in [0.717, 1.165) is 5.92 Å². The molecule has 1 N–H and O–H groups in total. The SMILES string of the molecule is CC(Nc1ccc2ccccc2c1)C1CC1. The Bertz CT molecular complexity index is 500. The van der Waals surface area contributed by atoms with E-state index < -0.39 is 0 Å². The van der Waals surface area contributed by atoms with Gasteiger partial charge in [-0.1, -0.05) is 30.3 Å². The van der Waals surface area contributed by atoms with E-state index in [4.69, 9.17) is 0 Å². The zero-order chi connectivity index (χ0) is 11.0. The third-order valence-corrected chi connectivity index (χ3v) is 3.47. The molecule has 0 saturated heterocycles. The maximum absolute atomic E-state index is 3.60. The summed E-state index contributed by atoms with van der Waals surface area (Å²) in [5.41, 5.74) is 1.25. The Labute approximate surface area is 96.5 Å². The minimum atomic E-state index is 0.612. The molecule has 1 aliphatic carbocycles. The smallest absolute Gasteiger partial charge is 0.0348 e. The summed E-state index contributed by atoms with van der Waals surface area (Å²) in [7, 11) is 0. The van der Waals surface area contributed by atoms with Crippen LogP contribution >= 0.6 is 0 Å². The highest BCUT2D eigenvalue weighted by atomic mass is 14.9. The van der Waals surface area contributed by atoms with Crippen LogP contribution in [0, 0.1) is 5.92 Å². The number of nitrogens with one attached hydrogen (secondary N) is 1. The number of fused-ring (bicyclic) bond motifs is 1. The molecule has 1 saturated carbocycles. The molecule has 2 aromatic carbocycles. The van der Waals surface area contributed by atoms with Gasteiger partial charge in [-0.05, 0) is 48.6 Å². The van der Waals surface area contributed by atoms with Crippen molar-refractivity contribution in [1.29, 1.82) is 0 Å². The van der Waals surface area contributed by atoms with Crippen molar-refractivity contribution in [3.63, 3.8) is 0 Å². The largest absolute Gasteiger partial charge is 0.382 e. The average Bonchev–Trinajstić information content (AvgIpc) is 3.12. The summed E-state index contributed by atoms with van der Waals surface area (Å²) >= 11 is 0. The van der Waals surface area contributed by atoms with E-state index in [-0.39, 0.29) is 0 Å². The lowest BCUT2D eigenvalue weighted by molar-refractivity contribution is 0.694. The minimum Gasteiger partial charge on any atom is -0.382 e. The van der Waals surface area contributed by atoms with E-state index in [9.17, 15) is 0 Å². The Balaban J connectivity index is 1.86. The van der Waals surface area contributed by atoms with E-state index in [0.29, 0.717) is 6.04 Å². The fourth-order valence-corrected chi connectivity index (χ4v) is 2.26. The molecule has 0 aliphatic heterocycles. The lowest BCUT2D eigenvalue weighted by Crippen LogP contribution is -2.16. The fraction of sp³-hybridized carbons (Fsp3) is 0.333. The molecular formula is C15H17N. The van der Waals surface area contributed by atoms with Gasteiger partial charge in [0.15, 0.2) is 0 Å². The normalized spacial score (nSPS) is 17.3. The van der Waals surface area contributed by atoms with Crippen molar-refractivity contribution < 1.29 is 0 Å². The van der Waals surface area contributed by atoms with Gasteiger partial charge in [-0.2, -0.15) is 0 Å². The number of hydrogen-bond donors (Lipinski definition) is 1. The molecule has 0 spiro atoms. The van der Waals surface area contributed by atoms with Gasteiger partial charge in [0.05, 0.1) is 0 Å². The topological polar surface area (TPSA) is 12.0 Å². The molecule has 0 heterocycles. The Morgan fingerprint density at radius 2 is 1.81 bits per heavy atom. The number of benzene rings is 2. The van der Waals surface area contributed by atoms with E-state index in [1.807, 2.05) is 0 Å². The number of hydrogen-bond acceptors (Lipinski definition) is 1. The van der Waals surface area contributed by atoms with Crippen molar-refractivity contribution in [2.45, 2.75) is 25.8 Å². The standard InChI is InChI=1S/C15H17N/c1-11(12-6-7-12)16-15-9-8-13-4-2-3-5-14(13)10-15/h2-5,8-12,16H,6-7H2,1H3. The summed E-state index contributed by atoms with van der Waals surface area (Å²) < 4.78 is 0. The van der Waals surface area contributed by atoms with Crippen molar-refractivity contribution in [1.82, 2.24) is 0 Å². The Kier molecular flexibility index (Phi) is 2.32. The van der Waals surface area contributed by atoms with Crippen LogP contribution in [0.3, 0.4) is 0 Å². The second kappa shape index (κ2) is 3.82. The molecule has 2 aromatic rings. The van der Waals surface area contributed by atoms with Crippen molar-refractivity contribution in [2.75, 3.05) is 5.32 Å². The molecule has 1 fully saturated rings. The summed E-state index contributed by atoms with van der Waals surface area (Å²) in [4.78, 5) is 0.